The van der Waals surface area contributed by atoms with Gasteiger partial charge >= 0.3 is 0 Å². The topological polar surface area (TPSA) is 21.3 Å². The second kappa shape index (κ2) is 7.21. The van der Waals surface area contributed by atoms with Crippen LogP contribution in [-0.4, -0.2) is 12.6 Å². The van der Waals surface area contributed by atoms with Gasteiger partial charge in [0.25, 0.3) is 0 Å². The summed E-state index contributed by atoms with van der Waals surface area (Å²) in [7, 11) is 0. The van der Waals surface area contributed by atoms with Crippen LogP contribution < -0.4 is 10.1 Å². The Hall–Kier alpha value is -1.18. The molecule has 1 aromatic carbocycles. The quantitative estimate of drug-likeness (QED) is 0.708. The molecule has 0 aromatic heterocycles. The van der Waals surface area contributed by atoms with Gasteiger partial charge in [0.1, 0.15) is 5.75 Å². The highest BCUT2D eigenvalue weighted by molar-refractivity contribution is 5.53. The monoisotopic (exact) mass is 235 g/mol. The van der Waals surface area contributed by atoms with Gasteiger partial charge in [-0.15, -0.1) is 0 Å². The van der Waals surface area contributed by atoms with Gasteiger partial charge in [0.05, 0.1) is 6.10 Å². The van der Waals surface area contributed by atoms with Gasteiger partial charge in [-0.25, -0.2) is 0 Å². The van der Waals surface area contributed by atoms with E-state index in [1.165, 1.54) is 30.5 Å². The zero-order chi connectivity index (χ0) is 12.7. The Bertz CT molecular complexity index is 334. The highest BCUT2D eigenvalue weighted by Crippen LogP contribution is 2.22. The molecular weight excluding hydrogens is 210 g/mol. The minimum Gasteiger partial charge on any atom is -0.491 e. The number of rotatable bonds is 7. The van der Waals surface area contributed by atoms with E-state index in [1.807, 2.05) is 19.9 Å². The molecule has 0 spiro atoms. The molecule has 2 nitrogen and oxygen atoms in total. The second-order valence-electron chi connectivity index (χ2n) is 4.78. The van der Waals surface area contributed by atoms with Crippen LogP contribution in [0.2, 0.25) is 0 Å². The number of benzene rings is 1. The van der Waals surface area contributed by atoms with E-state index in [2.05, 4.69) is 31.3 Å². The van der Waals surface area contributed by atoms with Crippen LogP contribution in [0, 0.1) is 6.92 Å². The summed E-state index contributed by atoms with van der Waals surface area (Å²) in [5, 5.41) is 3.47. The van der Waals surface area contributed by atoms with Crippen molar-refractivity contribution in [1.29, 1.82) is 0 Å². The highest BCUT2D eigenvalue weighted by atomic mass is 16.5. The summed E-state index contributed by atoms with van der Waals surface area (Å²) < 4.78 is 5.67. The Morgan fingerprint density at radius 3 is 2.59 bits per heavy atom. The summed E-state index contributed by atoms with van der Waals surface area (Å²) in [4.78, 5) is 0. The van der Waals surface area contributed by atoms with Crippen molar-refractivity contribution < 1.29 is 4.74 Å². The van der Waals surface area contributed by atoms with Crippen molar-refractivity contribution in [2.24, 2.45) is 0 Å². The molecule has 0 bridgehead atoms. The predicted octanol–water partition coefficient (Wildman–Crippen LogP) is 4.38. The molecule has 0 heterocycles. The van der Waals surface area contributed by atoms with Crippen molar-refractivity contribution in [3.05, 3.63) is 23.8 Å². The molecule has 0 fully saturated rings. The molecule has 0 unspecified atom stereocenters. The number of anilines is 1. The fourth-order valence-electron chi connectivity index (χ4n) is 1.78. The molecule has 0 aliphatic heterocycles. The van der Waals surface area contributed by atoms with E-state index < -0.39 is 0 Å². The maximum absolute atomic E-state index is 5.67. The lowest BCUT2D eigenvalue weighted by Crippen LogP contribution is -2.07. The van der Waals surface area contributed by atoms with E-state index in [1.54, 1.807) is 0 Å². The first kappa shape index (κ1) is 13.9. The van der Waals surface area contributed by atoms with Gasteiger partial charge in [-0.2, -0.15) is 0 Å². The lowest BCUT2D eigenvalue weighted by Gasteiger charge is -2.13. The fourth-order valence-corrected chi connectivity index (χ4v) is 1.78. The van der Waals surface area contributed by atoms with Crippen molar-refractivity contribution in [3.8, 4) is 5.75 Å². The van der Waals surface area contributed by atoms with Gasteiger partial charge in [0, 0.05) is 12.2 Å². The standard InChI is InChI=1S/C15H25NO/c1-5-6-7-10-16-15-9-8-14(11-13(15)4)17-12(2)3/h8-9,11-12,16H,5-7,10H2,1-4H3. The Kier molecular flexibility index (Phi) is 5.88. The largest absolute Gasteiger partial charge is 0.491 e. The number of hydrogen-bond acceptors (Lipinski definition) is 2. The van der Waals surface area contributed by atoms with Gasteiger partial charge in [0.15, 0.2) is 0 Å². The predicted molar refractivity (Wildman–Crippen MR) is 75.0 cm³/mol. The molecule has 0 radical (unpaired) electrons. The zero-order valence-electron chi connectivity index (χ0n) is 11.5. The first-order chi connectivity index (χ1) is 8.13. The first-order valence-electron chi connectivity index (χ1n) is 6.64. The van der Waals surface area contributed by atoms with Crippen molar-refractivity contribution >= 4 is 5.69 Å². The van der Waals surface area contributed by atoms with E-state index in [4.69, 9.17) is 4.74 Å². The van der Waals surface area contributed by atoms with Crippen molar-refractivity contribution in [3.63, 3.8) is 0 Å². The van der Waals surface area contributed by atoms with Crippen molar-refractivity contribution in [1.82, 2.24) is 0 Å². The average molecular weight is 235 g/mol. The third-order valence-electron chi connectivity index (χ3n) is 2.67. The summed E-state index contributed by atoms with van der Waals surface area (Å²) in [6.07, 6.45) is 4.03. The number of aryl methyl sites for hydroxylation is 1. The third-order valence-corrected chi connectivity index (χ3v) is 2.67. The molecular formula is C15H25NO. The van der Waals surface area contributed by atoms with Crippen LogP contribution in [0.1, 0.15) is 45.6 Å². The van der Waals surface area contributed by atoms with E-state index >= 15 is 0 Å². The number of nitrogens with one attached hydrogen (secondary N) is 1. The second-order valence-corrected chi connectivity index (χ2v) is 4.78. The van der Waals surface area contributed by atoms with Crippen molar-refractivity contribution in [2.45, 2.75) is 53.1 Å². The van der Waals surface area contributed by atoms with Gasteiger partial charge in [0.2, 0.25) is 0 Å². The molecule has 0 amide bonds. The summed E-state index contributed by atoms with van der Waals surface area (Å²) in [5.74, 6) is 0.955. The van der Waals surface area contributed by atoms with Crippen LogP contribution in [0.25, 0.3) is 0 Å². The van der Waals surface area contributed by atoms with E-state index in [9.17, 15) is 0 Å². The molecule has 1 N–H and O–H groups in total. The zero-order valence-corrected chi connectivity index (χ0v) is 11.5. The molecule has 96 valence electrons. The third kappa shape index (κ3) is 5.12. The normalized spacial score (nSPS) is 10.6. The van der Waals surface area contributed by atoms with E-state index in [0.29, 0.717) is 0 Å². The molecule has 0 atom stereocenters. The molecule has 17 heavy (non-hydrogen) atoms. The Labute approximate surface area is 105 Å². The SMILES string of the molecule is CCCCCNc1ccc(OC(C)C)cc1C. The molecule has 0 saturated carbocycles. The first-order valence-corrected chi connectivity index (χ1v) is 6.64. The maximum atomic E-state index is 5.67. The number of ether oxygens (including phenoxy) is 1. The number of unbranched alkanes of at least 4 members (excludes halogenated alkanes) is 2. The molecule has 0 aliphatic carbocycles. The van der Waals surface area contributed by atoms with Crippen LogP contribution in [0.3, 0.4) is 0 Å². The number of hydrogen-bond donors (Lipinski definition) is 1. The van der Waals surface area contributed by atoms with Crippen LogP contribution in [0.15, 0.2) is 18.2 Å². The lowest BCUT2D eigenvalue weighted by molar-refractivity contribution is 0.242. The summed E-state index contributed by atoms with van der Waals surface area (Å²) in [5.41, 5.74) is 2.47. The molecule has 1 rings (SSSR count). The maximum Gasteiger partial charge on any atom is 0.120 e. The van der Waals surface area contributed by atoms with Crippen LogP contribution >= 0.6 is 0 Å². The van der Waals surface area contributed by atoms with Crippen LogP contribution in [-0.2, 0) is 0 Å². The Morgan fingerprint density at radius 1 is 1.24 bits per heavy atom. The van der Waals surface area contributed by atoms with Crippen molar-refractivity contribution in [2.75, 3.05) is 11.9 Å². The minimum atomic E-state index is 0.234. The Morgan fingerprint density at radius 2 is 2.00 bits per heavy atom. The summed E-state index contributed by atoms with van der Waals surface area (Å²) in [6.45, 7) is 9.50. The molecule has 2 heteroatoms. The van der Waals surface area contributed by atoms with Gasteiger partial charge in [-0.3, -0.25) is 0 Å². The summed E-state index contributed by atoms with van der Waals surface area (Å²) in [6, 6.07) is 6.25. The molecule has 0 aliphatic rings. The summed E-state index contributed by atoms with van der Waals surface area (Å²) >= 11 is 0. The average Bonchev–Trinajstić information content (AvgIpc) is 2.26. The van der Waals surface area contributed by atoms with E-state index in [0.717, 1.165) is 12.3 Å². The molecule has 0 saturated heterocycles. The van der Waals surface area contributed by atoms with Gasteiger partial charge in [-0.1, -0.05) is 19.8 Å². The fraction of sp³-hybridized carbons (Fsp3) is 0.600. The molecule has 1 aromatic rings. The van der Waals surface area contributed by atoms with Gasteiger partial charge in [-0.05, 0) is 51.0 Å². The Balaban J connectivity index is 2.51. The minimum absolute atomic E-state index is 0.234. The smallest absolute Gasteiger partial charge is 0.120 e. The van der Waals surface area contributed by atoms with Gasteiger partial charge < -0.3 is 10.1 Å². The van der Waals surface area contributed by atoms with Crippen LogP contribution in [0.4, 0.5) is 5.69 Å². The van der Waals surface area contributed by atoms with Crippen LogP contribution in [0.5, 0.6) is 5.75 Å². The van der Waals surface area contributed by atoms with E-state index in [-0.39, 0.29) is 6.10 Å². The lowest BCUT2D eigenvalue weighted by atomic mass is 10.2. The highest BCUT2D eigenvalue weighted by Gasteiger charge is 2.02.